The second-order valence-electron chi connectivity index (χ2n) is 7.99. The summed E-state index contributed by atoms with van der Waals surface area (Å²) < 4.78 is 7.27. The smallest absolute Gasteiger partial charge is 0.216 e. The number of aromatic nitrogens is 3. The first-order chi connectivity index (χ1) is 13.7. The van der Waals surface area contributed by atoms with E-state index < -0.39 is 5.60 Å². The first kappa shape index (κ1) is 21.0. The van der Waals surface area contributed by atoms with E-state index in [1.807, 2.05) is 16.7 Å². The molecular formula is C21H29N5O3. The quantitative estimate of drug-likeness (QED) is 0.500. The lowest BCUT2D eigenvalue weighted by Crippen LogP contribution is -2.27. The molecule has 0 aliphatic carbocycles. The number of carbonyl (C=O) groups excluding carboxylic acids is 1. The molecule has 1 aromatic carbocycles. The molecule has 0 radical (unpaired) electrons. The molecule has 0 saturated carbocycles. The monoisotopic (exact) mass is 399 g/mol. The zero-order valence-corrected chi connectivity index (χ0v) is 17.5. The van der Waals surface area contributed by atoms with Gasteiger partial charge in [0.25, 0.3) is 0 Å². The van der Waals surface area contributed by atoms with E-state index in [-0.39, 0.29) is 5.91 Å². The molecule has 0 aliphatic rings. The molecule has 156 valence electrons. The number of nitrogens with one attached hydrogen (secondary N) is 1. The first-order valence-electron chi connectivity index (χ1n) is 9.72. The Morgan fingerprint density at radius 3 is 2.76 bits per heavy atom. The van der Waals surface area contributed by atoms with E-state index in [1.165, 1.54) is 6.92 Å². The number of anilines is 1. The number of hydrogen-bond acceptors (Lipinski definition) is 6. The Balaban J connectivity index is 2.06. The molecule has 29 heavy (non-hydrogen) atoms. The van der Waals surface area contributed by atoms with Crippen molar-refractivity contribution in [2.45, 2.75) is 52.4 Å². The molecule has 0 aliphatic heterocycles. The summed E-state index contributed by atoms with van der Waals surface area (Å²) in [5, 5.41) is 14.2. The van der Waals surface area contributed by atoms with Crippen LogP contribution in [0.3, 0.4) is 0 Å². The molecular weight excluding hydrogens is 370 g/mol. The van der Waals surface area contributed by atoms with Gasteiger partial charge >= 0.3 is 0 Å². The van der Waals surface area contributed by atoms with Crippen LogP contribution in [0.5, 0.6) is 0 Å². The first-order valence-corrected chi connectivity index (χ1v) is 9.72. The van der Waals surface area contributed by atoms with E-state index in [2.05, 4.69) is 21.4 Å². The molecule has 8 nitrogen and oxygen atoms in total. The van der Waals surface area contributed by atoms with Gasteiger partial charge < -0.3 is 25.5 Å². The number of pyridine rings is 1. The van der Waals surface area contributed by atoms with Crippen molar-refractivity contribution >= 4 is 33.7 Å². The number of imidazole rings is 1. The van der Waals surface area contributed by atoms with Crippen LogP contribution in [0.4, 0.5) is 5.82 Å². The van der Waals surface area contributed by atoms with E-state index in [0.29, 0.717) is 36.9 Å². The lowest BCUT2D eigenvalue weighted by molar-refractivity contribution is -0.118. The lowest BCUT2D eigenvalue weighted by Gasteiger charge is -2.20. The fourth-order valence-corrected chi connectivity index (χ4v) is 3.51. The van der Waals surface area contributed by atoms with Crippen LogP contribution in [0, 0.1) is 0 Å². The average Bonchev–Trinajstić information content (AvgIpc) is 2.96. The zero-order chi connectivity index (χ0) is 21.2. The molecule has 2 aromatic heterocycles. The summed E-state index contributed by atoms with van der Waals surface area (Å²) in [6, 6.07) is 6.11. The van der Waals surface area contributed by atoms with Crippen molar-refractivity contribution in [3.05, 3.63) is 29.6 Å². The highest BCUT2D eigenvalue weighted by Crippen LogP contribution is 2.31. The number of fused-ring (bicyclic) bond motifs is 3. The summed E-state index contributed by atoms with van der Waals surface area (Å²) in [7, 11) is 1.61. The number of benzene rings is 1. The highest BCUT2D eigenvalue weighted by molar-refractivity contribution is 6.06. The normalized spacial score (nSPS) is 12.0. The molecule has 0 saturated heterocycles. The van der Waals surface area contributed by atoms with Crippen LogP contribution < -0.4 is 11.1 Å². The molecule has 0 spiro atoms. The Labute approximate surface area is 170 Å². The summed E-state index contributed by atoms with van der Waals surface area (Å²) in [5.41, 5.74) is 8.69. The van der Waals surface area contributed by atoms with Crippen LogP contribution in [0.15, 0.2) is 18.2 Å². The van der Waals surface area contributed by atoms with Gasteiger partial charge in [0.1, 0.15) is 17.9 Å². The topological polar surface area (TPSA) is 115 Å². The number of methoxy groups -OCH3 is 1. The van der Waals surface area contributed by atoms with E-state index in [0.717, 1.165) is 34.8 Å². The number of nitrogen functional groups attached to an aromatic ring is 1. The Morgan fingerprint density at radius 2 is 2.10 bits per heavy atom. The standard InChI is InChI=1S/C21H29N5O3/c1-13(27)23-9-5-6-14-7-8-15-16(10-14)24-20(22)18-19(15)26(12-21(2,3)28)17(25-18)11-29-4/h7-8,10,28H,5-6,9,11-12H2,1-4H3,(H2,22,24)(H,23,27). The van der Waals surface area contributed by atoms with Crippen molar-refractivity contribution in [2.75, 3.05) is 19.4 Å². The Kier molecular flexibility index (Phi) is 6.04. The van der Waals surface area contributed by atoms with Crippen molar-refractivity contribution in [2.24, 2.45) is 0 Å². The summed E-state index contributed by atoms with van der Waals surface area (Å²) in [5.74, 6) is 1.03. The van der Waals surface area contributed by atoms with Crippen molar-refractivity contribution in [1.82, 2.24) is 19.9 Å². The summed E-state index contributed by atoms with van der Waals surface area (Å²) in [6.45, 7) is 6.35. The summed E-state index contributed by atoms with van der Waals surface area (Å²) in [6.07, 6.45) is 1.67. The number of carbonyl (C=O) groups is 1. The molecule has 1 amide bonds. The Hall–Kier alpha value is -2.71. The molecule has 0 atom stereocenters. The highest BCUT2D eigenvalue weighted by atomic mass is 16.5. The number of aliphatic hydroxyl groups is 1. The molecule has 0 bridgehead atoms. The minimum atomic E-state index is -0.926. The van der Waals surface area contributed by atoms with Gasteiger partial charge in [-0.05, 0) is 38.3 Å². The second kappa shape index (κ2) is 8.34. The van der Waals surface area contributed by atoms with Crippen molar-refractivity contribution in [3.63, 3.8) is 0 Å². The fourth-order valence-electron chi connectivity index (χ4n) is 3.51. The molecule has 3 rings (SSSR count). The third kappa shape index (κ3) is 4.83. The number of rotatable bonds is 8. The predicted molar refractivity (Wildman–Crippen MR) is 113 cm³/mol. The SMILES string of the molecule is COCc1nc2c(N)nc3cc(CCCNC(C)=O)ccc3c2n1CC(C)(C)O. The number of amides is 1. The van der Waals surface area contributed by atoms with Crippen LogP contribution in [-0.2, 0) is 29.1 Å². The van der Waals surface area contributed by atoms with Gasteiger partial charge in [-0.15, -0.1) is 0 Å². The van der Waals surface area contributed by atoms with E-state index in [4.69, 9.17) is 10.5 Å². The zero-order valence-electron chi connectivity index (χ0n) is 17.5. The number of aryl methyl sites for hydroxylation is 1. The van der Waals surface area contributed by atoms with Gasteiger partial charge in [-0.25, -0.2) is 9.97 Å². The van der Waals surface area contributed by atoms with E-state index >= 15 is 0 Å². The maximum Gasteiger partial charge on any atom is 0.216 e. The Morgan fingerprint density at radius 1 is 1.34 bits per heavy atom. The van der Waals surface area contributed by atoms with Gasteiger partial charge in [-0.2, -0.15) is 0 Å². The minimum absolute atomic E-state index is 0.0210. The van der Waals surface area contributed by atoms with Gasteiger partial charge in [0.15, 0.2) is 5.82 Å². The van der Waals surface area contributed by atoms with Crippen LogP contribution in [0.25, 0.3) is 21.9 Å². The third-order valence-corrected chi connectivity index (χ3v) is 4.68. The predicted octanol–water partition coefficient (Wildman–Crippen LogP) is 2.15. The number of ether oxygens (including phenoxy) is 1. The van der Waals surface area contributed by atoms with Gasteiger partial charge in [0, 0.05) is 26.0 Å². The molecule has 0 fully saturated rings. The molecule has 2 heterocycles. The Bertz CT molecular complexity index is 1040. The number of nitrogens with two attached hydrogens (primary N) is 1. The number of hydrogen-bond donors (Lipinski definition) is 3. The molecule has 3 aromatic rings. The number of nitrogens with zero attached hydrogens (tertiary/aromatic N) is 3. The highest BCUT2D eigenvalue weighted by Gasteiger charge is 2.22. The molecule has 8 heteroatoms. The molecule has 0 unspecified atom stereocenters. The fraction of sp³-hybridized carbons (Fsp3) is 0.476. The van der Waals surface area contributed by atoms with Crippen LogP contribution in [-0.4, -0.2) is 44.8 Å². The largest absolute Gasteiger partial charge is 0.389 e. The molecule has 4 N–H and O–H groups in total. The maximum atomic E-state index is 11.0. The van der Waals surface area contributed by atoms with Crippen molar-refractivity contribution in [1.29, 1.82) is 0 Å². The van der Waals surface area contributed by atoms with E-state index in [1.54, 1.807) is 21.0 Å². The second-order valence-corrected chi connectivity index (χ2v) is 7.99. The average molecular weight is 399 g/mol. The van der Waals surface area contributed by atoms with Crippen LogP contribution in [0.1, 0.15) is 38.6 Å². The van der Waals surface area contributed by atoms with Gasteiger partial charge in [-0.1, -0.05) is 12.1 Å². The summed E-state index contributed by atoms with van der Waals surface area (Å²) in [4.78, 5) is 20.2. The van der Waals surface area contributed by atoms with Crippen molar-refractivity contribution in [3.8, 4) is 0 Å². The minimum Gasteiger partial charge on any atom is -0.389 e. The lowest BCUT2D eigenvalue weighted by atomic mass is 10.1. The van der Waals surface area contributed by atoms with Crippen LogP contribution >= 0.6 is 0 Å². The summed E-state index contributed by atoms with van der Waals surface area (Å²) >= 11 is 0. The van der Waals surface area contributed by atoms with Crippen LogP contribution in [0.2, 0.25) is 0 Å². The van der Waals surface area contributed by atoms with Crippen molar-refractivity contribution < 1.29 is 14.6 Å². The van der Waals surface area contributed by atoms with Gasteiger partial charge in [-0.3, -0.25) is 4.79 Å². The maximum absolute atomic E-state index is 11.0. The van der Waals surface area contributed by atoms with E-state index in [9.17, 15) is 9.90 Å². The van der Waals surface area contributed by atoms with Gasteiger partial charge in [0.05, 0.1) is 23.2 Å². The van der Waals surface area contributed by atoms with Gasteiger partial charge in [0.2, 0.25) is 5.91 Å². The third-order valence-electron chi connectivity index (χ3n) is 4.68.